The standard InChI is InChI=1S/C10H6Cl2N4O2/c11-6-3-5(4-13-9(6)12)10(18)14-7-1-2-8(17)16-15-7/h1-4H,(H,16,17)(H,14,15,18). The van der Waals surface area contributed by atoms with Crippen LogP contribution in [-0.4, -0.2) is 21.1 Å². The Kier molecular flexibility index (Phi) is 3.59. The first-order chi connectivity index (χ1) is 8.56. The number of carbonyl (C=O) groups is 1. The van der Waals surface area contributed by atoms with E-state index in [0.29, 0.717) is 0 Å². The van der Waals surface area contributed by atoms with E-state index in [1.165, 1.54) is 24.4 Å². The third-order valence-corrected chi connectivity index (χ3v) is 2.67. The maximum Gasteiger partial charge on any atom is 0.264 e. The summed E-state index contributed by atoms with van der Waals surface area (Å²) in [5.74, 6) is -0.244. The number of aromatic nitrogens is 3. The Balaban J connectivity index is 2.19. The molecule has 1 amide bonds. The van der Waals surface area contributed by atoms with Gasteiger partial charge in [-0.2, -0.15) is 5.10 Å². The molecule has 2 aromatic rings. The van der Waals surface area contributed by atoms with Crippen LogP contribution >= 0.6 is 23.2 Å². The van der Waals surface area contributed by atoms with Crippen LogP contribution in [0.5, 0.6) is 0 Å². The van der Waals surface area contributed by atoms with Crippen molar-refractivity contribution in [2.75, 3.05) is 5.32 Å². The number of hydrogen-bond donors (Lipinski definition) is 2. The fraction of sp³-hybridized carbons (Fsp3) is 0. The van der Waals surface area contributed by atoms with E-state index >= 15 is 0 Å². The van der Waals surface area contributed by atoms with E-state index < -0.39 is 5.91 Å². The molecule has 2 N–H and O–H groups in total. The third kappa shape index (κ3) is 2.85. The summed E-state index contributed by atoms with van der Waals surface area (Å²) in [7, 11) is 0. The van der Waals surface area contributed by atoms with Gasteiger partial charge in [0.2, 0.25) is 0 Å². The summed E-state index contributed by atoms with van der Waals surface area (Å²) in [5.41, 5.74) is -0.124. The van der Waals surface area contributed by atoms with Gasteiger partial charge in [0.05, 0.1) is 10.6 Å². The van der Waals surface area contributed by atoms with Crippen LogP contribution in [-0.2, 0) is 0 Å². The minimum atomic E-state index is -0.458. The van der Waals surface area contributed by atoms with Crippen molar-refractivity contribution in [3.05, 3.63) is 50.5 Å². The molecule has 2 aromatic heterocycles. The molecule has 8 heteroatoms. The molecule has 0 saturated carbocycles. The fourth-order valence-corrected chi connectivity index (χ4v) is 1.42. The number of nitrogens with one attached hydrogen (secondary N) is 2. The highest BCUT2D eigenvalue weighted by Crippen LogP contribution is 2.20. The number of pyridine rings is 1. The first kappa shape index (κ1) is 12.5. The number of anilines is 1. The summed E-state index contributed by atoms with van der Waals surface area (Å²) in [6, 6.07) is 4.01. The summed E-state index contributed by atoms with van der Waals surface area (Å²) >= 11 is 11.4. The summed E-state index contributed by atoms with van der Waals surface area (Å²) in [5, 5.41) is 8.60. The monoisotopic (exact) mass is 284 g/mol. The molecule has 0 aliphatic carbocycles. The highest BCUT2D eigenvalue weighted by molar-refractivity contribution is 6.41. The van der Waals surface area contributed by atoms with Gasteiger partial charge in [-0.3, -0.25) is 9.59 Å². The van der Waals surface area contributed by atoms with E-state index in [0.717, 1.165) is 0 Å². The van der Waals surface area contributed by atoms with Crippen LogP contribution in [0.3, 0.4) is 0 Å². The van der Waals surface area contributed by atoms with E-state index in [4.69, 9.17) is 23.2 Å². The van der Waals surface area contributed by atoms with Gasteiger partial charge in [-0.15, -0.1) is 0 Å². The second-order valence-corrected chi connectivity index (χ2v) is 4.02. The Hall–Kier alpha value is -1.92. The Morgan fingerprint density at radius 1 is 1.33 bits per heavy atom. The summed E-state index contributed by atoms with van der Waals surface area (Å²) in [6.45, 7) is 0. The summed E-state index contributed by atoms with van der Waals surface area (Å²) < 4.78 is 0. The molecule has 2 heterocycles. The maximum absolute atomic E-state index is 11.8. The number of nitrogens with zero attached hydrogens (tertiary/aromatic N) is 2. The summed E-state index contributed by atoms with van der Waals surface area (Å²) in [6.07, 6.45) is 1.29. The summed E-state index contributed by atoms with van der Waals surface area (Å²) in [4.78, 5) is 26.3. The molecule has 6 nitrogen and oxygen atoms in total. The SMILES string of the molecule is O=C(Nc1ccc(=O)[nH]n1)c1cnc(Cl)c(Cl)c1. The molecule has 18 heavy (non-hydrogen) atoms. The van der Waals surface area contributed by atoms with Gasteiger partial charge in [0.1, 0.15) is 5.15 Å². The van der Waals surface area contributed by atoms with Gasteiger partial charge in [-0.25, -0.2) is 10.1 Å². The number of hydrogen-bond acceptors (Lipinski definition) is 4. The fourth-order valence-electron chi connectivity index (χ4n) is 1.15. The lowest BCUT2D eigenvalue weighted by atomic mass is 10.2. The van der Waals surface area contributed by atoms with E-state index in [2.05, 4.69) is 20.5 Å². The number of carbonyl (C=O) groups excluding carboxylic acids is 1. The molecule has 0 fully saturated rings. The molecular weight excluding hydrogens is 279 g/mol. The van der Waals surface area contributed by atoms with Crippen LogP contribution in [0.25, 0.3) is 0 Å². The van der Waals surface area contributed by atoms with Crippen LogP contribution in [0.15, 0.2) is 29.2 Å². The van der Waals surface area contributed by atoms with Crippen molar-refractivity contribution < 1.29 is 4.79 Å². The quantitative estimate of drug-likeness (QED) is 0.822. The lowest BCUT2D eigenvalue weighted by Crippen LogP contribution is -2.16. The normalized spacial score (nSPS) is 10.1. The first-order valence-corrected chi connectivity index (χ1v) is 5.50. The van der Waals surface area contributed by atoms with Crippen molar-refractivity contribution in [2.45, 2.75) is 0 Å². The molecule has 0 saturated heterocycles. The van der Waals surface area contributed by atoms with Crippen molar-refractivity contribution in [3.63, 3.8) is 0 Å². The zero-order chi connectivity index (χ0) is 13.1. The predicted molar refractivity (Wildman–Crippen MR) is 67.1 cm³/mol. The van der Waals surface area contributed by atoms with Crippen molar-refractivity contribution in [1.29, 1.82) is 0 Å². The largest absolute Gasteiger partial charge is 0.305 e. The second-order valence-electron chi connectivity index (χ2n) is 3.26. The van der Waals surface area contributed by atoms with Gasteiger partial charge < -0.3 is 5.32 Å². The van der Waals surface area contributed by atoms with Gasteiger partial charge in [0.15, 0.2) is 5.82 Å². The topological polar surface area (TPSA) is 87.7 Å². The van der Waals surface area contributed by atoms with E-state index in [-0.39, 0.29) is 27.1 Å². The number of amides is 1. The molecular formula is C10H6Cl2N4O2. The average Bonchev–Trinajstić information content (AvgIpc) is 2.35. The Morgan fingerprint density at radius 3 is 2.72 bits per heavy atom. The van der Waals surface area contributed by atoms with Gasteiger partial charge >= 0.3 is 0 Å². The Morgan fingerprint density at radius 2 is 2.11 bits per heavy atom. The molecule has 2 rings (SSSR count). The Labute approximate surface area is 111 Å². The number of halogens is 2. The molecule has 0 radical (unpaired) electrons. The molecule has 0 spiro atoms. The molecule has 0 bridgehead atoms. The zero-order valence-electron chi connectivity index (χ0n) is 8.78. The van der Waals surface area contributed by atoms with Crippen LogP contribution in [0.2, 0.25) is 10.2 Å². The van der Waals surface area contributed by atoms with Gasteiger partial charge in [0.25, 0.3) is 11.5 Å². The maximum atomic E-state index is 11.8. The van der Waals surface area contributed by atoms with Crippen molar-refractivity contribution in [2.24, 2.45) is 0 Å². The molecule has 0 unspecified atom stereocenters. The zero-order valence-corrected chi connectivity index (χ0v) is 10.3. The van der Waals surface area contributed by atoms with Gasteiger partial charge in [-0.1, -0.05) is 23.2 Å². The van der Waals surface area contributed by atoms with Crippen LogP contribution in [0.1, 0.15) is 10.4 Å². The molecule has 92 valence electrons. The minimum absolute atomic E-state index is 0.121. The number of aromatic amines is 1. The highest BCUT2D eigenvalue weighted by atomic mass is 35.5. The van der Waals surface area contributed by atoms with Crippen LogP contribution in [0.4, 0.5) is 5.82 Å². The van der Waals surface area contributed by atoms with Gasteiger partial charge in [-0.05, 0) is 12.1 Å². The van der Waals surface area contributed by atoms with Crippen molar-refractivity contribution in [1.82, 2.24) is 15.2 Å². The number of rotatable bonds is 2. The third-order valence-electron chi connectivity index (χ3n) is 1.98. The molecule has 0 aliphatic rings. The molecule has 0 aliphatic heterocycles. The van der Waals surface area contributed by atoms with E-state index in [1.807, 2.05) is 0 Å². The lowest BCUT2D eigenvalue weighted by molar-refractivity contribution is 0.102. The second kappa shape index (κ2) is 5.16. The van der Waals surface area contributed by atoms with Crippen LogP contribution < -0.4 is 10.9 Å². The van der Waals surface area contributed by atoms with E-state index in [9.17, 15) is 9.59 Å². The Bertz CT molecular complexity index is 636. The lowest BCUT2D eigenvalue weighted by Gasteiger charge is -2.04. The number of H-pyrrole nitrogens is 1. The van der Waals surface area contributed by atoms with Crippen molar-refractivity contribution >= 4 is 34.9 Å². The molecule has 0 aromatic carbocycles. The van der Waals surface area contributed by atoms with E-state index in [1.54, 1.807) is 0 Å². The molecule has 0 atom stereocenters. The minimum Gasteiger partial charge on any atom is -0.305 e. The predicted octanol–water partition coefficient (Wildman–Crippen LogP) is 1.72. The van der Waals surface area contributed by atoms with Gasteiger partial charge in [0, 0.05) is 12.3 Å². The highest BCUT2D eigenvalue weighted by Gasteiger charge is 2.09. The average molecular weight is 285 g/mol. The van der Waals surface area contributed by atoms with Crippen molar-refractivity contribution in [3.8, 4) is 0 Å². The first-order valence-electron chi connectivity index (χ1n) is 4.74. The van der Waals surface area contributed by atoms with Crippen LogP contribution in [0, 0.1) is 0 Å². The smallest absolute Gasteiger partial charge is 0.264 e.